The summed E-state index contributed by atoms with van der Waals surface area (Å²) in [6.45, 7) is 3.76. The summed E-state index contributed by atoms with van der Waals surface area (Å²) in [6, 6.07) is 5.61. The van der Waals surface area contributed by atoms with Crippen molar-refractivity contribution in [3.8, 4) is 0 Å². The van der Waals surface area contributed by atoms with Crippen LogP contribution in [0.1, 0.15) is 25.5 Å². The third kappa shape index (κ3) is 3.20. The Morgan fingerprint density at radius 1 is 1.14 bits per heavy atom. The van der Waals surface area contributed by atoms with Crippen LogP contribution in [-0.4, -0.2) is 30.1 Å². The number of benzene rings is 1. The molecule has 0 unspecified atom stereocenters. The van der Waals surface area contributed by atoms with Gasteiger partial charge in [0.15, 0.2) is 5.92 Å². The van der Waals surface area contributed by atoms with Gasteiger partial charge in [-0.3, -0.25) is 9.59 Å². The van der Waals surface area contributed by atoms with Gasteiger partial charge in [0.1, 0.15) is 0 Å². The maximum atomic E-state index is 12.2. The number of halogens is 2. The van der Waals surface area contributed by atoms with E-state index in [9.17, 15) is 9.59 Å². The van der Waals surface area contributed by atoms with Gasteiger partial charge in [-0.15, -0.1) is 0 Å². The van der Waals surface area contributed by atoms with E-state index >= 15 is 0 Å². The van der Waals surface area contributed by atoms with Gasteiger partial charge in [0.05, 0.1) is 18.9 Å². The zero-order valence-corrected chi connectivity index (χ0v) is 15.3. The van der Waals surface area contributed by atoms with E-state index in [-0.39, 0.29) is 13.2 Å². The largest absolute Gasteiger partial charge is 0.465 e. The van der Waals surface area contributed by atoms with Crippen molar-refractivity contribution in [2.24, 2.45) is 0 Å². The Hall–Kier alpha value is -1.34. The SMILES string of the molecule is CCOC(=O)C(C(=O)OCC)c1[nH]c2cccc(Br)c2c1Br. The Bertz CT molecular complexity index is 693. The van der Waals surface area contributed by atoms with Gasteiger partial charge in [-0.25, -0.2) is 0 Å². The Labute approximate surface area is 144 Å². The lowest BCUT2D eigenvalue weighted by Crippen LogP contribution is -2.26. The highest BCUT2D eigenvalue weighted by atomic mass is 79.9. The van der Waals surface area contributed by atoms with Gasteiger partial charge < -0.3 is 14.5 Å². The first-order valence-corrected chi connectivity index (χ1v) is 8.38. The van der Waals surface area contributed by atoms with E-state index in [0.29, 0.717) is 10.2 Å². The van der Waals surface area contributed by atoms with Crippen molar-refractivity contribution in [3.05, 3.63) is 32.8 Å². The standard InChI is InChI=1S/C15H15Br2NO4/c1-3-21-14(19)11(15(20)22-4-2)13-12(17)10-8(16)6-5-7-9(10)18-13/h5-7,11,18H,3-4H2,1-2H3. The van der Waals surface area contributed by atoms with E-state index < -0.39 is 17.9 Å². The molecule has 22 heavy (non-hydrogen) atoms. The number of rotatable bonds is 5. The average molecular weight is 433 g/mol. The van der Waals surface area contributed by atoms with Gasteiger partial charge in [0.25, 0.3) is 0 Å². The smallest absolute Gasteiger partial charge is 0.326 e. The predicted octanol–water partition coefficient (Wildman–Crippen LogP) is 3.90. The minimum atomic E-state index is -1.14. The number of hydrogen-bond donors (Lipinski definition) is 1. The lowest BCUT2D eigenvalue weighted by molar-refractivity contribution is -0.157. The summed E-state index contributed by atoms with van der Waals surface area (Å²) in [6.07, 6.45) is 0. The lowest BCUT2D eigenvalue weighted by atomic mass is 10.1. The number of esters is 2. The van der Waals surface area contributed by atoms with Gasteiger partial charge >= 0.3 is 11.9 Å². The summed E-state index contributed by atoms with van der Waals surface area (Å²) in [5.41, 5.74) is 1.23. The zero-order chi connectivity index (χ0) is 16.3. The zero-order valence-electron chi connectivity index (χ0n) is 12.1. The number of aromatic nitrogens is 1. The quantitative estimate of drug-likeness (QED) is 0.574. The monoisotopic (exact) mass is 431 g/mol. The molecule has 0 aliphatic rings. The van der Waals surface area contributed by atoms with Crippen LogP contribution in [0.2, 0.25) is 0 Å². The van der Waals surface area contributed by atoms with Crippen molar-refractivity contribution < 1.29 is 19.1 Å². The van der Waals surface area contributed by atoms with E-state index in [1.807, 2.05) is 18.2 Å². The minimum Gasteiger partial charge on any atom is -0.465 e. The number of aromatic amines is 1. The first kappa shape index (κ1) is 17.0. The maximum absolute atomic E-state index is 12.2. The summed E-state index contributed by atoms with van der Waals surface area (Å²) in [5.74, 6) is -2.41. The molecule has 0 spiro atoms. The Morgan fingerprint density at radius 2 is 1.73 bits per heavy atom. The normalized spacial score (nSPS) is 11.0. The molecule has 2 rings (SSSR count). The molecule has 1 heterocycles. The van der Waals surface area contributed by atoms with E-state index in [1.54, 1.807) is 13.8 Å². The number of carbonyl (C=O) groups is 2. The molecule has 118 valence electrons. The molecule has 0 saturated carbocycles. The highest BCUT2D eigenvalue weighted by molar-refractivity contribution is 9.11. The summed E-state index contributed by atoms with van der Waals surface area (Å²) in [7, 11) is 0. The van der Waals surface area contributed by atoms with Crippen LogP contribution in [0, 0.1) is 0 Å². The summed E-state index contributed by atoms with van der Waals surface area (Å²) in [5, 5.41) is 0.857. The van der Waals surface area contributed by atoms with Gasteiger partial charge in [0, 0.05) is 19.8 Å². The second-order valence-electron chi connectivity index (χ2n) is 4.45. The fraction of sp³-hybridized carbons (Fsp3) is 0.333. The van der Waals surface area contributed by atoms with Crippen LogP contribution in [0.3, 0.4) is 0 Å². The van der Waals surface area contributed by atoms with Crippen molar-refractivity contribution in [1.29, 1.82) is 0 Å². The van der Waals surface area contributed by atoms with Crippen molar-refractivity contribution in [2.45, 2.75) is 19.8 Å². The first-order valence-electron chi connectivity index (χ1n) is 6.80. The first-order chi connectivity index (χ1) is 10.5. The summed E-state index contributed by atoms with van der Waals surface area (Å²) >= 11 is 6.93. The molecule has 2 aromatic rings. The van der Waals surface area contributed by atoms with Gasteiger partial charge in [-0.1, -0.05) is 22.0 Å². The third-order valence-electron chi connectivity index (χ3n) is 3.07. The van der Waals surface area contributed by atoms with Crippen LogP contribution < -0.4 is 0 Å². The van der Waals surface area contributed by atoms with Crippen molar-refractivity contribution >= 4 is 54.7 Å². The molecule has 5 nitrogen and oxygen atoms in total. The van der Waals surface area contributed by atoms with E-state index in [2.05, 4.69) is 36.8 Å². The molecule has 0 aliphatic heterocycles. The van der Waals surface area contributed by atoms with E-state index in [1.165, 1.54) is 0 Å². The van der Waals surface area contributed by atoms with Crippen molar-refractivity contribution in [3.63, 3.8) is 0 Å². The molecule has 0 bridgehead atoms. The van der Waals surface area contributed by atoms with Gasteiger partial charge in [-0.2, -0.15) is 0 Å². The van der Waals surface area contributed by atoms with Crippen LogP contribution >= 0.6 is 31.9 Å². The lowest BCUT2D eigenvalue weighted by Gasteiger charge is -2.13. The molecule has 7 heteroatoms. The number of ether oxygens (including phenoxy) is 2. The molecule has 0 saturated heterocycles. The Balaban J connectivity index is 2.56. The number of nitrogens with one attached hydrogen (secondary N) is 1. The fourth-order valence-electron chi connectivity index (χ4n) is 2.17. The molecule has 0 aliphatic carbocycles. The fourth-order valence-corrected chi connectivity index (χ4v) is 3.75. The highest BCUT2D eigenvalue weighted by Gasteiger charge is 2.35. The average Bonchev–Trinajstić information content (AvgIpc) is 2.78. The van der Waals surface area contributed by atoms with Crippen LogP contribution in [-0.2, 0) is 19.1 Å². The van der Waals surface area contributed by atoms with Gasteiger partial charge in [0.2, 0.25) is 0 Å². The summed E-state index contributed by atoms with van der Waals surface area (Å²) in [4.78, 5) is 27.5. The Morgan fingerprint density at radius 3 is 2.23 bits per heavy atom. The third-order valence-corrected chi connectivity index (χ3v) is 4.56. The molecular formula is C15H15Br2NO4. The highest BCUT2D eigenvalue weighted by Crippen LogP contribution is 2.37. The number of H-pyrrole nitrogens is 1. The van der Waals surface area contributed by atoms with E-state index in [4.69, 9.17) is 9.47 Å². The molecule has 1 N–H and O–H groups in total. The van der Waals surface area contributed by atoms with Crippen molar-refractivity contribution in [2.75, 3.05) is 13.2 Å². The van der Waals surface area contributed by atoms with Crippen LogP contribution in [0.15, 0.2) is 27.1 Å². The molecule has 0 atom stereocenters. The van der Waals surface area contributed by atoms with Crippen molar-refractivity contribution in [1.82, 2.24) is 4.98 Å². The van der Waals surface area contributed by atoms with Gasteiger partial charge in [-0.05, 0) is 41.9 Å². The van der Waals surface area contributed by atoms with Crippen LogP contribution in [0.4, 0.5) is 0 Å². The van der Waals surface area contributed by atoms with E-state index in [0.717, 1.165) is 15.4 Å². The second-order valence-corrected chi connectivity index (χ2v) is 6.10. The second kappa shape index (κ2) is 7.28. The number of hydrogen-bond acceptors (Lipinski definition) is 4. The van der Waals surface area contributed by atoms with Crippen LogP contribution in [0.25, 0.3) is 10.9 Å². The molecular weight excluding hydrogens is 418 g/mol. The minimum absolute atomic E-state index is 0.191. The van der Waals surface area contributed by atoms with Crippen LogP contribution in [0.5, 0.6) is 0 Å². The maximum Gasteiger partial charge on any atom is 0.326 e. The molecule has 1 aromatic heterocycles. The molecule has 0 radical (unpaired) electrons. The predicted molar refractivity (Wildman–Crippen MR) is 89.7 cm³/mol. The molecule has 1 aromatic carbocycles. The molecule has 0 amide bonds. The summed E-state index contributed by atoms with van der Waals surface area (Å²) < 4.78 is 11.5. The molecule has 0 fully saturated rings. The number of carbonyl (C=O) groups excluding carboxylic acids is 2. The topological polar surface area (TPSA) is 68.4 Å². The number of fused-ring (bicyclic) bond motifs is 1. The Kier molecular flexibility index (Phi) is 5.63.